The van der Waals surface area contributed by atoms with Gasteiger partial charge < -0.3 is 14.7 Å². The van der Waals surface area contributed by atoms with E-state index in [0.29, 0.717) is 18.9 Å². The Hall–Kier alpha value is -1.62. The van der Waals surface area contributed by atoms with E-state index in [1.54, 1.807) is 12.1 Å². The summed E-state index contributed by atoms with van der Waals surface area (Å²) >= 11 is 0. The number of rotatable bonds is 6. The molecule has 1 aromatic rings. The zero-order chi connectivity index (χ0) is 14.5. The number of aliphatic carboxylic acids is 1. The molecule has 4 nitrogen and oxygen atoms in total. The van der Waals surface area contributed by atoms with Gasteiger partial charge in [0.25, 0.3) is 0 Å². The molecule has 0 radical (unpaired) electrons. The number of halogens is 1. The van der Waals surface area contributed by atoms with E-state index < -0.39 is 5.97 Å². The van der Waals surface area contributed by atoms with Gasteiger partial charge in [0.05, 0.1) is 12.5 Å². The fourth-order valence-corrected chi connectivity index (χ4v) is 2.58. The summed E-state index contributed by atoms with van der Waals surface area (Å²) < 4.78 is 18.2. The number of benzene rings is 1. The third-order valence-corrected chi connectivity index (χ3v) is 3.71. The van der Waals surface area contributed by atoms with Crippen LogP contribution in [0.3, 0.4) is 0 Å². The molecular formula is C15H20FNO3. The molecule has 0 aliphatic carbocycles. The average molecular weight is 281 g/mol. The van der Waals surface area contributed by atoms with Crippen LogP contribution < -0.4 is 4.74 Å². The van der Waals surface area contributed by atoms with Gasteiger partial charge in [0.1, 0.15) is 11.6 Å². The SMILES string of the molecule is C[C@@H]1CN(CCCOc2ccc(F)cc2)C[C@H]1C(=O)O. The molecule has 110 valence electrons. The highest BCUT2D eigenvalue weighted by Gasteiger charge is 2.34. The Morgan fingerprint density at radius 1 is 1.40 bits per heavy atom. The first-order valence-electron chi connectivity index (χ1n) is 6.90. The number of likely N-dealkylation sites (tertiary alicyclic amines) is 1. The first-order chi connectivity index (χ1) is 9.56. The van der Waals surface area contributed by atoms with Crippen molar-refractivity contribution < 1.29 is 19.0 Å². The van der Waals surface area contributed by atoms with Gasteiger partial charge >= 0.3 is 5.97 Å². The first kappa shape index (κ1) is 14.8. The lowest BCUT2D eigenvalue weighted by atomic mass is 9.99. The molecule has 1 fully saturated rings. The van der Waals surface area contributed by atoms with Crippen LogP contribution in [0.2, 0.25) is 0 Å². The Labute approximate surface area is 118 Å². The molecule has 20 heavy (non-hydrogen) atoms. The molecule has 0 aromatic heterocycles. The minimum absolute atomic E-state index is 0.200. The van der Waals surface area contributed by atoms with Crippen molar-refractivity contribution in [3.63, 3.8) is 0 Å². The summed E-state index contributed by atoms with van der Waals surface area (Å²) in [6.07, 6.45) is 0.830. The lowest BCUT2D eigenvalue weighted by Crippen LogP contribution is -2.25. The molecule has 1 N–H and O–H groups in total. The molecule has 0 amide bonds. The maximum Gasteiger partial charge on any atom is 0.308 e. The highest BCUT2D eigenvalue weighted by atomic mass is 19.1. The maximum absolute atomic E-state index is 12.7. The van der Waals surface area contributed by atoms with E-state index in [2.05, 4.69) is 4.90 Å². The second-order valence-corrected chi connectivity index (χ2v) is 5.34. The normalized spacial score (nSPS) is 22.9. The lowest BCUT2D eigenvalue weighted by Gasteiger charge is -2.15. The molecule has 2 atom stereocenters. The van der Waals surface area contributed by atoms with Gasteiger partial charge in [-0.15, -0.1) is 0 Å². The van der Waals surface area contributed by atoms with Crippen molar-refractivity contribution >= 4 is 5.97 Å². The van der Waals surface area contributed by atoms with E-state index in [1.165, 1.54) is 12.1 Å². The second kappa shape index (κ2) is 6.70. The van der Waals surface area contributed by atoms with Crippen molar-refractivity contribution in [2.45, 2.75) is 13.3 Å². The molecule has 0 unspecified atom stereocenters. The standard InChI is InChI=1S/C15H20FNO3/c1-11-9-17(10-14(11)15(18)19)7-2-8-20-13-5-3-12(16)4-6-13/h3-6,11,14H,2,7-10H2,1H3,(H,18,19)/t11-,14-/m1/s1. The minimum atomic E-state index is -0.706. The zero-order valence-corrected chi connectivity index (χ0v) is 11.6. The number of ether oxygens (including phenoxy) is 1. The molecular weight excluding hydrogens is 261 g/mol. The molecule has 0 spiro atoms. The quantitative estimate of drug-likeness (QED) is 0.813. The van der Waals surface area contributed by atoms with Gasteiger partial charge in [-0.2, -0.15) is 0 Å². The molecule has 1 aromatic carbocycles. The third kappa shape index (κ3) is 3.93. The van der Waals surface area contributed by atoms with Crippen LogP contribution in [0.1, 0.15) is 13.3 Å². The van der Waals surface area contributed by atoms with Gasteiger partial charge in [-0.1, -0.05) is 6.92 Å². The highest BCUT2D eigenvalue weighted by molar-refractivity contribution is 5.71. The maximum atomic E-state index is 12.7. The van der Waals surface area contributed by atoms with Crippen LogP contribution in [0.25, 0.3) is 0 Å². The summed E-state index contributed by atoms with van der Waals surface area (Å²) in [6, 6.07) is 5.95. The number of carboxylic acid groups (broad SMARTS) is 1. The molecule has 1 saturated heterocycles. The Balaban J connectivity index is 1.67. The van der Waals surface area contributed by atoms with Crippen LogP contribution in [0.5, 0.6) is 5.75 Å². The van der Waals surface area contributed by atoms with Crippen molar-refractivity contribution in [1.29, 1.82) is 0 Å². The van der Waals surface area contributed by atoms with Gasteiger partial charge in [0, 0.05) is 19.6 Å². The van der Waals surface area contributed by atoms with Crippen LogP contribution in [0, 0.1) is 17.7 Å². The average Bonchev–Trinajstić information content (AvgIpc) is 2.78. The summed E-state index contributed by atoms with van der Waals surface area (Å²) in [4.78, 5) is 13.2. The Kier molecular flexibility index (Phi) is 4.95. The molecule has 1 heterocycles. The fraction of sp³-hybridized carbons (Fsp3) is 0.533. The van der Waals surface area contributed by atoms with Gasteiger partial charge in [-0.3, -0.25) is 4.79 Å². The topological polar surface area (TPSA) is 49.8 Å². The van der Waals surface area contributed by atoms with Crippen molar-refractivity contribution in [3.8, 4) is 5.75 Å². The Morgan fingerprint density at radius 2 is 2.10 bits per heavy atom. The van der Waals surface area contributed by atoms with Crippen molar-refractivity contribution in [3.05, 3.63) is 30.1 Å². The summed E-state index contributed by atoms with van der Waals surface area (Å²) in [7, 11) is 0. The van der Waals surface area contributed by atoms with Crippen LogP contribution in [0.15, 0.2) is 24.3 Å². The van der Waals surface area contributed by atoms with Gasteiger partial charge in [0.15, 0.2) is 0 Å². The van der Waals surface area contributed by atoms with Crippen molar-refractivity contribution in [2.75, 3.05) is 26.2 Å². The number of hydrogen-bond donors (Lipinski definition) is 1. The van der Waals surface area contributed by atoms with Crippen molar-refractivity contribution in [1.82, 2.24) is 4.90 Å². The smallest absolute Gasteiger partial charge is 0.308 e. The number of hydrogen-bond acceptors (Lipinski definition) is 3. The predicted molar refractivity (Wildman–Crippen MR) is 73.2 cm³/mol. The third-order valence-electron chi connectivity index (χ3n) is 3.71. The van der Waals surface area contributed by atoms with E-state index in [9.17, 15) is 9.18 Å². The van der Waals surface area contributed by atoms with Crippen LogP contribution in [0.4, 0.5) is 4.39 Å². The second-order valence-electron chi connectivity index (χ2n) is 5.34. The lowest BCUT2D eigenvalue weighted by molar-refractivity contribution is -0.142. The minimum Gasteiger partial charge on any atom is -0.494 e. The van der Waals surface area contributed by atoms with Gasteiger partial charge in [-0.25, -0.2) is 4.39 Å². The number of carboxylic acids is 1. The van der Waals surface area contributed by atoms with E-state index in [0.717, 1.165) is 19.5 Å². The zero-order valence-electron chi connectivity index (χ0n) is 11.6. The highest BCUT2D eigenvalue weighted by Crippen LogP contribution is 2.23. The van der Waals surface area contributed by atoms with E-state index >= 15 is 0 Å². The van der Waals surface area contributed by atoms with E-state index in [-0.39, 0.29) is 17.7 Å². The van der Waals surface area contributed by atoms with Crippen LogP contribution in [-0.4, -0.2) is 42.2 Å². The Morgan fingerprint density at radius 3 is 2.70 bits per heavy atom. The molecule has 1 aliphatic heterocycles. The number of nitrogens with zero attached hydrogens (tertiary/aromatic N) is 1. The fourth-order valence-electron chi connectivity index (χ4n) is 2.58. The molecule has 5 heteroatoms. The molecule has 0 bridgehead atoms. The summed E-state index contributed by atoms with van der Waals surface area (Å²) in [6.45, 7) is 4.80. The van der Waals surface area contributed by atoms with Gasteiger partial charge in [0.2, 0.25) is 0 Å². The molecule has 2 rings (SSSR count). The number of carbonyl (C=O) groups is 1. The summed E-state index contributed by atoms with van der Waals surface area (Å²) in [5.74, 6) is -0.381. The first-order valence-corrected chi connectivity index (χ1v) is 6.90. The van der Waals surface area contributed by atoms with Crippen LogP contribution >= 0.6 is 0 Å². The van der Waals surface area contributed by atoms with E-state index in [1.807, 2.05) is 6.92 Å². The largest absolute Gasteiger partial charge is 0.494 e. The Bertz CT molecular complexity index is 449. The molecule has 1 aliphatic rings. The summed E-state index contributed by atoms with van der Waals surface area (Å²) in [5.41, 5.74) is 0. The van der Waals surface area contributed by atoms with Gasteiger partial charge in [-0.05, 0) is 36.6 Å². The van der Waals surface area contributed by atoms with Crippen molar-refractivity contribution in [2.24, 2.45) is 11.8 Å². The monoisotopic (exact) mass is 281 g/mol. The summed E-state index contributed by atoms with van der Waals surface area (Å²) in [5, 5.41) is 9.06. The van der Waals surface area contributed by atoms with Crippen LogP contribution in [-0.2, 0) is 4.79 Å². The predicted octanol–water partition coefficient (Wildman–Crippen LogP) is 2.25. The van der Waals surface area contributed by atoms with E-state index in [4.69, 9.17) is 9.84 Å². The molecule has 0 saturated carbocycles.